The molecule has 1 aromatic carbocycles. The first-order chi connectivity index (χ1) is 9.15. The van der Waals surface area contributed by atoms with Crippen molar-refractivity contribution in [1.82, 2.24) is 15.2 Å². The second kappa shape index (κ2) is 5.71. The molecule has 0 aliphatic heterocycles. The Morgan fingerprint density at radius 2 is 2.16 bits per heavy atom. The maximum Gasteiger partial charge on any atom is 0.181 e. The molecule has 2 aromatic rings. The summed E-state index contributed by atoms with van der Waals surface area (Å²) in [5.41, 5.74) is 6.60. The van der Waals surface area contributed by atoms with Gasteiger partial charge in [-0.1, -0.05) is 0 Å². The molecule has 19 heavy (non-hydrogen) atoms. The van der Waals surface area contributed by atoms with Crippen LogP contribution in [0, 0.1) is 0 Å². The zero-order chi connectivity index (χ0) is 13.8. The van der Waals surface area contributed by atoms with E-state index in [2.05, 4.69) is 15.2 Å². The van der Waals surface area contributed by atoms with Gasteiger partial charge in [0.2, 0.25) is 0 Å². The van der Waals surface area contributed by atoms with Gasteiger partial charge in [0.25, 0.3) is 0 Å². The third-order valence-corrected chi connectivity index (χ3v) is 2.66. The van der Waals surface area contributed by atoms with Gasteiger partial charge in [0, 0.05) is 5.56 Å². The van der Waals surface area contributed by atoms with Crippen LogP contribution < -0.4 is 15.2 Å². The third kappa shape index (κ3) is 2.85. The molecule has 1 atom stereocenters. The van der Waals surface area contributed by atoms with Crippen molar-refractivity contribution in [3.05, 3.63) is 24.0 Å². The number of rotatable bonds is 5. The molecule has 0 aliphatic carbocycles. The van der Waals surface area contributed by atoms with Crippen molar-refractivity contribution >= 4 is 0 Å². The number of nitrogens with zero attached hydrogens (tertiary/aromatic N) is 2. The van der Waals surface area contributed by atoms with Crippen LogP contribution in [-0.2, 0) is 0 Å². The number of nitrogens with one attached hydrogen (secondary N) is 1. The van der Waals surface area contributed by atoms with E-state index in [-0.39, 0.29) is 6.04 Å². The Morgan fingerprint density at radius 1 is 1.37 bits per heavy atom. The average molecular weight is 262 g/mol. The molecule has 0 amide bonds. The fraction of sp³-hybridized carbons (Fsp3) is 0.385. The predicted octanol–water partition coefficient (Wildman–Crippen LogP) is 1.90. The number of aromatic amines is 1. The van der Waals surface area contributed by atoms with Crippen LogP contribution in [0.4, 0.5) is 0 Å². The van der Waals surface area contributed by atoms with Gasteiger partial charge in [0.15, 0.2) is 17.3 Å². The van der Waals surface area contributed by atoms with Crippen LogP contribution in [0.15, 0.2) is 18.2 Å². The number of ether oxygens (including phenoxy) is 2. The van der Waals surface area contributed by atoms with E-state index >= 15 is 0 Å². The van der Waals surface area contributed by atoms with Crippen LogP contribution in [0.5, 0.6) is 11.5 Å². The number of benzene rings is 1. The number of methoxy groups -OCH3 is 1. The minimum absolute atomic E-state index is 0.175. The van der Waals surface area contributed by atoms with E-state index in [0.29, 0.717) is 29.8 Å². The highest BCUT2D eigenvalue weighted by molar-refractivity contribution is 5.60. The number of nitrogens with two attached hydrogens (primary N) is 1. The van der Waals surface area contributed by atoms with Crippen LogP contribution in [0.25, 0.3) is 11.4 Å². The Morgan fingerprint density at radius 3 is 2.74 bits per heavy atom. The summed E-state index contributed by atoms with van der Waals surface area (Å²) in [6.07, 6.45) is 0. The summed E-state index contributed by atoms with van der Waals surface area (Å²) >= 11 is 0. The summed E-state index contributed by atoms with van der Waals surface area (Å²) in [5.74, 6) is 2.61. The van der Waals surface area contributed by atoms with Gasteiger partial charge in [-0.25, -0.2) is 4.98 Å². The summed E-state index contributed by atoms with van der Waals surface area (Å²) in [7, 11) is 1.61. The number of H-pyrrole nitrogens is 1. The fourth-order valence-corrected chi connectivity index (χ4v) is 1.69. The summed E-state index contributed by atoms with van der Waals surface area (Å²) in [4.78, 5) is 4.35. The van der Waals surface area contributed by atoms with Crippen molar-refractivity contribution in [2.75, 3.05) is 13.7 Å². The van der Waals surface area contributed by atoms with Crippen LogP contribution in [0.1, 0.15) is 25.7 Å². The van der Waals surface area contributed by atoms with Gasteiger partial charge in [-0.15, -0.1) is 0 Å². The summed E-state index contributed by atoms with van der Waals surface area (Å²) < 4.78 is 10.8. The molecule has 6 nitrogen and oxygen atoms in total. The molecule has 0 saturated carbocycles. The van der Waals surface area contributed by atoms with E-state index in [0.717, 1.165) is 5.56 Å². The monoisotopic (exact) mass is 262 g/mol. The molecule has 0 aliphatic rings. The van der Waals surface area contributed by atoms with Gasteiger partial charge < -0.3 is 15.2 Å². The number of hydrogen-bond acceptors (Lipinski definition) is 5. The lowest BCUT2D eigenvalue weighted by atomic mass is 10.2. The molecule has 0 unspecified atom stereocenters. The van der Waals surface area contributed by atoms with Crippen molar-refractivity contribution in [1.29, 1.82) is 0 Å². The highest BCUT2D eigenvalue weighted by Crippen LogP contribution is 2.31. The van der Waals surface area contributed by atoms with Crippen molar-refractivity contribution in [3.63, 3.8) is 0 Å². The van der Waals surface area contributed by atoms with Crippen molar-refractivity contribution in [2.24, 2.45) is 5.73 Å². The first-order valence-electron chi connectivity index (χ1n) is 6.14. The summed E-state index contributed by atoms with van der Waals surface area (Å²) in [6.45, 7) is 4.34. The number of aromatic nitrogens is 3. The predicted molar refractivity (Wildman–Crippen MR) is 72.1 cm³/mol. The molecule has 2 rings (SSSR count). The molecular formula is C13H18N4O2. The molecule has 6 heteroatoms. The molecule has 3 N–H and O–H groups in total. The zero-order valence-corrected chi connectivity index (χ0v) is 11.3. The Labute approximate surface area is 111 Å². The lowest BCUT2D eigenvalue weighted by Gasteiger charge is -2.09. The van der Waals surface area contributed by atoms with Crippen LogP contribution >= 0.6 is 0 Å². The maximum absolute atomic E-state index is 5.75. The molecule has 0 fully saturated rings. The van der Waals surface area contributed by atoms with E-state index in [1.54, 1.807) is 7.11 Å². The highest BCUT2D eigenvalue weighted by Gasteiger charge is 2.12. The van der Waals surface area contributed by atoms with Gasteiger partial charge in [0.05, 0.1) is 19.8 Å². The fourth-order valence-electron chi connectivity index (χ4n) is 1.69. The molecule has 102 valence electrons. The molecular weight excluding hydrogens is 244 g/mol. The van der Waals surface area contributed by atoms with E-state index in [9.17, 15) is 0 Å². The molecule has 0 radical (unpaired) electrons. The normalized spacial score (nSPS) is 12.2. The SMILES string of the molecule is CCOc1cc(-c2n[nH]c([C@@H](C)N)n2)ccc1OC. The Hall–Kier alpha value is -2.08. The largest absolute Gasteiger partial charge is 0.493 e. The van der Waals surface area contributed by atoms with Gasteiger partial charge in [-0.3, -0.25) is 5.10 Å². The molecule has 0 spiro atoms. The Kier molecular flexibility index (Phi) is 4.01. The van der Waals surface area contributed by atoms with E-state index in [1.807, 2.05) is 32.0 Å². The lowest BCUT2D eigenvalue weighted by molar-refractivity contribution is 0.311. The minimum Gasteiger partial charge on any atom is -0.493 e. The van der Waals surface area contributed by atoms with Crippen LogP contribution in [0.2, 0.25) is 0 Å². The van der Waals surface area contributed by atoms with E-state index in [1.165, 1.54) is 0 Å². The Bertz CT molecular complexity index is 551. The zero-order valence-electron chi connectivity index (χ0n) is 11.3. The van der Waals surface area contributed by atoms with Crippen LogP contribution in [0.3, 0.4) is 0 Å². The first-order valence-corrected chi connectivity index (χ1v) is 6.14. The quantitative estimate of drug-likeness (QED) is 0.859. The average Bonchev–Trinajstić information content (AvgIpc) is 2.89. The van der Waals surface area contributed by atoms with Gasteiger partial charge in [-0.2, -0.15) is 5.10 Å². The smallest absolute Gasteiger partial charge is 0.181 e. The second-order valence-corrected chi connectivity index (χ2v) is 4.13. The maximum atomic E-state index is 5.75. The van der Waals surface area contributed by atoms with Crippen molar-refractivity contribution in [2.45, 2.75) is 19.9 Å². The standard InChI is InChI=1S/C13H18N4O2/c1-4-19-11-7-9(5-6-10(11)18-3)13-15-12(8(2)14)16-17-13/h5-8H,4,14H2,1-3H3,(H,15,16,17)/t8-/m1/s1. The van der Waals surface area contributed by atoms with Crippen molar-refractivity contribution in [3.8, 4) is 22.9 Å². The molecule has 0 saturated heterocycles. The van der Waals surface area contributed by atoms with Gasteiger partial charge in [0.1, 0.15) is 5.82 Å². The topological polar surface area (TPSA) is 86.0 Å². The van der Waals surface area contributed by atoms with E-state index in [4.69, 9.17) is 15.2 Å². The van der Waals surface area contributed by atoms with Crippen molar-refractivity contribution < 1.29 is 9.47 Å². The first kappa shape index (κ1) is 13.4. The molecule has 1 heterocycles. The Balaban J connectivity index is 2.35. The van der Waals surface area contributed by atoms with E-state index < -0.39 is 0 Å². The second-order valence-electron chi connectivity index (χ2n) is 4.13. The minimum atomic E-state index is -0.175. The molecule has 1 aromatic heterocycles. The summed E-state index contributed by atoms with van der Waals surface area (Å²) in [5, 5.41) is 6.98. The summed E-state index contributed by atoms with van der Waals surface area (Å²) in [6, 6.07) is 5.40. The number of hydrogen-bond donors (Lipinski definition) is 2. The third-order valence-electron chi connectivity index (χ3n) is 2.66. The molecule has 0 bridgehead atoms. The van der Waals surface area contributed by atoms with Gasteiger partial charge >= 0.3 is 0 Å². The highest BCUT2D eigenvalue weighted by atomic mass is 16.5. The lowest BCUT2D eigenvalue weighted by Crippen LogP contribution is -2.06. The van der Waals surface area contributed by atoms with Gasteiger partial charge in [-0.05, 0) is 32.0 Å². The van der Waals surface area contributed by atoms with Crippen LogP contribution in [-0.4, -0.2) is 28.9 Å².